The Labute approximate surface area is 84.9 Å². The molecule has 4 nitrogen and oxygen atoms in total. The van der Waals surface area contributed by atoms with Gasteiger partial charge in [0.1, 0.15) is 0 Å². The summed E-state index contributed by atoms with van der Waals surface area (Å²) in [5.74, 6) is 0.0108. The van der Waals surface area contributed by atoms with E-state index in [4.69, 9.17) is 10.8 Å². The first kappa shape index (κ1) is 11.5. The number of carbonyl (C=O) groups is 1. The Morgan fingerprint density at radius 1 is 1.64 bits per heavy atom. The van der Waals surface area contributed by atoms with E-state index in [0.29, 0.717) is 13.0 Å². The van der Waals surface area contributed by atoms with Crippen LogP contribution in [-0.4, -0.2) is 30.2 Å². The van der Waals surface area contributed by atoms with Crippen LogP contribution in [0.1, 0.15) is 32.6 Å². The van der Waals surface area contributed by atoms with Gasteiger partial charge in [0, 0.05) is 12.5 Å². The summed E-state index contributed by atoms with van der Waals surface area (Å²) < 4.78 is 0. The fraction of sp³-hybridized carbons (Fsp3) is 0.900. The van der Waals surface area contributed by atoms with Crippen molar-refractivity contribution in [3.63, 3.8) is 0 Å². The van der Waals surface area contributed by atoms with Gasteiger partial charge in [-0.15, -0.1) is 0 Å². The van der Waals surface area contributed by atoms with Crippen LogP contribution in [0.5, 0.6) is 0 Å². The summed E-state index contributed by atoms with van der Waals surface area (Å²) in [6.07, 6.45) is 3.81. The minimum atomic E-state index is -0.155. The van der Waals surface area contributed by atoms with Crippen LogP contribution < -0.4 is 11.1 Å². The van der Waals surface area contributed by atoms with E-state index in [9.17, 15) is 4.79 Å². The van der Waals surface area contributed by atoms with Gasteiger partial charge in [-0.2, -0.15) is 0 Å². The van der Waals surface area contributed by atoms with Gasteiger partial charge in [0.05, 0.1) is 6.61 Å². The van der Waals surface area contributed by atoms with E-state index in [0.717, 1.165) is 12.8 Å². The number of aliphatic hydroxyl groups excluding tert-OH is 1. The van der Waals surface area contributed by atoms with Crippen LogP contribution in [0.25, 0.3) is 0 Å². The van der Waals surface area contributed by atoms with Crippen molar-refractivity contribution in [1.29, 1.82) is 0 Å². The molecule has 4 N–H and O–H groups in total. The number of hydrogen-bond acceptors (Lipinski definition) is 3. The third-order valence-corrected chi connectivity index (χ3v) is 3.06. The van der Waals surface area contributed by atoms with Crippen LogP contribution in [-0.2, 0) is 4.79 Å². The molecule has 1 saturated carbocycles. The van der Waals surface area contributed by atoms with E-state index in [1.807, 2.05) is 0 Å². The Balaban J connectivity index is 2.32. The van der Waals surface area contributed by atoms with Crippen molar-refractivity contribution in [2.75, 3.05) is 13.2 Å². The Bertz CT molecular complexity index is 197. The maximum atomic E-state index is 11.5. The Morgan fingerprint density at radius 3 is 2.64 bits per heavy atom. The van der Waals surface area contributed by atoms with Crippen molar-refractivity contribution in [3.8, 4) is 0 Å². The monoisotopic (exact) mass is 200 g/mol. The van der Waals surface area contributed by atoms with Crippen LogP contribution in [0, 0.1) is 5.41 Å². The fourth-order valence-corrected chi connectivity index (χ4v) is 1.84. The number of amides is 1. The highest BCUT2D eigenvalue weighted by Gasteiger charge is 2.37. The number of rotatable bonds is 5. The predicted octanol–water partition coefficient (Wildman–Crippen LogP) is 0.00250. The van der Waals surface area contributed by atoms with Gasteiger partial charge in [-0.1, -0.05) is 6.42 Å². The summed E-state index contributed by atoms with van der Waals surface area (Å²) in [5.41, 5.74) is 5.71. The lowest BCUT2D eigenvalue weighted by molar-refractivity contribution is -0.125. The Hall–Kier alpha value is -0.610. The van der Waals surface area contributed by atoms with Gasteiger partial charge in [-0.3, -0.25) is 4.79 Å². The molecule has 1 atom stereocenters. The van der Waals surface area contributed by atoms with Gasteiger partial charge in [-0.05, 0) is 31.7 Å². The lowest BCUT2D eigenvalue weighted by Crippen LogP contribution is -2.44. The van der Waals surface area contributed by atoms with Crippen LogP contribution in [0.3, 0.4) is 0 Å². The van der Waals surface area contributed by atoms with Gasteiger partial charge in [-0.25, -0.2) is 0 Å². The molecule has 1 fully saturated rings. The minimum Gasteiger partial charge on any atom is -0.394 e. The molecule has 14 heavy (non-hydrogen) atoms. The third-order valence-electron chi connectivity index (χ3n) is 3.06. The largest absolute Gasteiger partial charge is 0.394 e. The van der Waals surface area contributed by atoms with Crippen molar-refractivity contribution in [2.24, 2.45) is 11.1 Å². The summed E-state index contributed by atoms with van der Waals surface area (Å²) in [6, 6.07) is -0.155. The zero-order valence-corrected chi connectivity index (χ0v) is 8.75. The zero-order valence-electron chi connectivity index (χ0n) is 8.75. The molecule has 0 aromatic carbocycles. The Kier molecular flexibility index (Phi) is 3.89. The molecule has 4 heteroatoms. The fourth-order valence-electron chi connectivity index (χ4n) is 1.84. The third kappa shape index (κ3) is 2.69. The van der Waals surface area contributed by atoms with Crippen molar-refractivity contribution >= 4 is 5.91 Å². The van der Waals surface area contributed by atoms with Crippen molar-refractivity contribution in [3.05, 3.63) is 0 Å². The molecule has 0 unspecified atom stereocenters. The lowest BCUT2D eigenvalue weighted by Gasteiger charge is -2.40. The molecule has 1 rings (SSSR count). The second-order valence-corrected chi connectivity index (χ2v) is 4.39. The van der Waals surface area contributed by atoms with E-state index in [1.165, 1.54) is 6.42 Å². The van der Waals surface area contributed by atoms with E-state index < -0.39 is 0 Å². The molecule has 1 aliphatic rings. The molecule has 0 bridgehead atoms. The first-order chi connectivity index (χ1) is 6.62. The maximum absolute atomic E-state index is 11.5. The standard InChI is InChI=1S/C10H20N2O2/c1-8(6-13)12-9(14)5-10(7-11)3-2-4-10/h8,13H,2-7,11H2,1H3,(H,12,14)/t8-/m0/s1. The summed E-state index contributed by atoms with van der Waals surface area (Å²) in [5, 5.41) is 11.5. The van der Waals surface area contributed by atoms with E-state index >= 15 is 0 Å². The Morgan fingerprint density at radius 2 is 2.29 bits per heavy atom. The molecular formula is C10H20N2O2. The zero-order chi connectivity index (χ0) is 10.6. The molecule has 0 aromatic rings. The number of nitrogens with one attached hydrogen (secondary N) is 1. The predicted molar refractivity (Wildman–Crippen MR) is 54.6 cm³/mol. The number of carbonyl (C=O) groups excluding carboxylic acids is 1. The second kappa shape index (κ2) is 4.75. The lowest BCUT2D eigenvalue weighted by atomic mass is 9.66. The van der Waals surface area contributed by atoms with Gasteiger partial charge in [0.25, 0.3) is 0 Å². The number of aliphatic hydroxyl groups is 1. The minimum absolute atomic E-state index is 0.0108. The molecule has 0 aliphatic heterocycles. The van der Waals surface area contributed by atoms with E-state index in [1.54, 1.807) is 6.92 Å². The molecule has 0 spiro atoms. The highest BCUT2D eigenvalue weighted by molar-refractivity contribution is 5.77. The molecule has 0 aromatic heterocycles. The number of nitrogens with two attached hydrogens (primary N) is 1. The topological polar surface area (TPSA) is 75.3 Å². The van der Waals surface area contributed by atoms with Crippen LogP contribution in [0.15, 0.2) is 0 Å². The molecular weight excluding hydrogens is 180 g/mol. The van der Waals surface area contributed by atoms with E-state index in [-0.39, 0.29) is 24.0 Å². The number of hydrogen-bond donors (Lipinski definition) is 3. The molecule has 1 amide bonds. The highest BCUT2D eigenvalue weighted by Crippen LogP contribution is 2.42. The van der Waals surface area contributed by atoms with Crippen LogP contribution in [0.4, 0.5) is 0 Å². The summed E-state index contributed by atoms with van der Waals surface area (Å²) in [4.78, 5) is 11.5. The van der Waals surface area contributed by atoms with Crippen molar-refractivity contribution in [2.45, 2.75) is 38.6 Å². The first-order valence-corrected chi connectivity index (χ1v) is 5.22. The summed E-state index contributed by atoms with van der Waals surface area (Å²) >= 11 is 0. The average molecular weight is 200 g/mol. The summed E-state index contributed by atoms with van der Waals surface area (Å²) in [6.45, 7) is 2.36. The highest BCUT2D eigenvalue weighted by atomic mass is 16.3. The van der Waals surface area contributed by atoms with Gasteiger partial charge >= 0.3 is 0 Å². The van der Waals surface area contributed by atoms with Crippen molar-refractivity contribution in [1.82, 2.24) is 5.32 Å². The second-order valence-electron chi connectivity index (χ2n) is 4.39. The SMILES string of the molecule is C[C@@H](CO)NC(=O)CC1(CN)CCC1. The van der Waals surface area contributed by atoms with E-state index in [2.05, 4.69) is 5.32 Å². The van der Waals surface area contributed by atoms with Crippen LogP contribution in [0.2, 0.25) is 0 Å². The maximum Gasteiger partial charge on any atom is 0.220 e. The smallest absolute Gasteiger partial charge is 0.220 e. The first-order valence-electron chi connectivity index (χ1n) is 5.22. The summed E-state index contributed by atoms with van der Waals surface area (Å²) in [7, 11) is 0. The van der Waals surface area contributed by atoms with Gasteiger partial charge in [0.2, 0.25) is 5.91 Å². The molecule has 0 saturated heterocycles. The van der Waals surface area contributed by atoms with Crippen LogP contribution >= 0.6 is 0 Å². The van der Waals surface area contributed by atoms with Gasteiger partial charge in [0.15, 0.2) is 0 Å². The van der Waals surface area contributed by atoms with Gasteiger partial charge < -0.3 is 16.2 Å². The molecule has 0 radical (unpaired) electrons. The molecule has 0 heterocycles. The van der Waals surface area contributed by atoms with Crippen molar-refractivity contribution < 1.29 is 9.90 Å². The quantitative estimate of drug-likeness (QED) is 0.585. The average Bonchev–Trinajstić information content (AvgIpc) is 2.11. The molecule has 1 aliphatic carbocycles. The normalized spacial score (nSPS) is 21.1. The molecule has 82 valence electrons.